The molecule has 1 aromatic heterocycles. The largest absolute Gasteiger partial charge is 0.417 e. The lowest BCUT2D eigenvalue weighted by molar-refractivity contribution is -0.137. The van der Waals surface area contributed by atoms with Gasteiger partial charge >= 0.3 is 6.18 Å². The molecule has 1 heterocycles. The SMILES string of the molecule is Cc1nnc(C)n1N=Cc1ccccc1C(F)(F)F. The number of aromatic nitrogens is 3. The zero-order chi connectivity index (χ0) is 14.0. The van der Waals surface area contributed by atoms with E-state index in [1.165, 1.54) is 22.9 Å². The second-order valence-electron chi connectivity index (χ2n) is 3.94. The van der Waals surface area contributed by atoms with Gasteiger partial charge in [0, 0.05) is 5.56 Å². The fraction of sp³-hybridized carbons (Fsp3) is 0.250. The van der Waals surface area contributed by atoms with E-state index in [1.807, 2.05) is 0 Å². The van der Waals surface area contributed by atoms with Gasteiger partial charge in [-0.2, -0.15) is 18.3 Å². The molecule has 0 unspecified atom stereocenters. The molecular formula is C12H11F3N4. The van der Waals surface area contributed by atoms with Crippen molar-refractivity contribution in [3.05, 3.63) is 47.0 Å². The molecule has 100 valence electrons. The fourth-order valence-corrected chi connectivity index (χ4v) is 1.62. The Bertz CT molecular complexity index is 594. The number of hydrogen-bond acceptors (Lipinski definition) is 3. The van der Waals surface area contributed by atoms with Crippen molar-refractivity contribution in [2.75, 3.05) is 0 Å². The molecule has 0 N–H and O–H groups in total. The summed E-state index contributed by atoms with van der Waals surface area (Å²) in [5.74, 6) is 1.02. The van der Waals surface area contributed by atoms with Crippen molar-refractivity contribution in [2.24, 2.45) is 5.10 Å². The van der Waals surface area contributed by atoms with Crippen molar-refractivity contribution in [3.63, 3.8) is 0 Å². The number of rotatable bonds is 2. The molecule has 0 spiro atoms. The first-order chi connectivity index (χ1) is 8.89. The van der Waals surface area contributed by atoms with E-state index in [1.54, 1.807) is 13.8 Å². The van der Waals surface area contributed by atoms with Crippen LogP contribution in [0.5, 0.6) is 0 Å². The number of benzene rings is 1. The van der Waals surface area contributed by atoms with Gasteiger partial charge in [-0.15, -0.1) is 10.2 Å². The van der Waals surface area contributed by atoms with Gasteiger partial charge in [0.25, 0.3) is 0 Å². The summed E-state index contributed by atoms with van der Waals surface area (Å²) in [6.07, 6.45) is -3.24. The summed E-state index contributed by atoms with van der Waals surface area (Å²) in [4.78, 5) is 0. The summed E-state index contributed by atoms with van der Waals surface area (Å²) in [7, 11) is 0. The van der Waals surface area contributed by atoms with Crippen LogP contribution in [-0.4, -0.2) is 21.1 Å². The van der Waals surface area contributed by atoms with E-state index in [-0.39, 0.29) is 5.56 Å². The van der Waals surface area contributed by atoms with Crippen LogP contribution in [0.25, 0.3) is 0 Å². The summed E-state index contributed by atoms with van der Waals surface area (Å²) in [6.45, 7) is 3.35. The Morgan fingerprint density at radius 2 is 1.68 bits per heavy atom. The molecule has 0 aliphatic rings. The summed E-state index contributed by atoms with van der Waals surface area (Å²) < 4.78 is 39.7. The van der Waals surface area contributed by atoms with Crippen molar-refractivity contribution in [2.45, 2.75) is 20.0 Å². The highest BCUT2D eigenvalue weighted by molar-refractivity contribution is 5.81. The van der Waals surface area contributed by atoms with E-state index in [2.05, 4.69) is 15.3 Å². The first-order valence-electron chi connectivity index (χ1n) is 5.49. The van der Waals surface area contributed by atoms with E-state index in [0.29, 0.717) is 11.6 Å². The van der Waals surface area contributed by atoms with Crippen LogP contribution >= 0.6 is 0 Å². The number of hydrogen-bond donors (Lipinski definition) is 0. The molecule has 2 aromatic rings. The molecular weight excluding hydrogens is 257 g/mol. The monoisotopic (exact) mass is 268 g/mol. The average molecular weight is 268 g/mol. The summed E-state index contributed by atoms with van der Waals surface area (Å²) >= 11 is 0. The molecule has 1 aromatic carbocycles. The molecule has 0 radical (unpaired) electrons. The molecule has 0 saturated heterocycles. The van der Waals surface area contributed by atoms with E-state index < -0.39 is 11.7 Å². The van der Waals surface area contributed by atoms with Crippen LogP contribution < -0.4 is 0 Å². The van der Waals surface area contributed by atoms with Gasteiger partial charge < -0.3 is 0 Å². The zero-order valence-corrected chi connectivity index (χ0v) is 10.3. The molecule has 0 atom stereocenters. The second-order valence-corrected chi connectivity index (χ2v) is 3.94. The summed E-state index contributed by atoms with van der Waals surface area (Å²) in [5.41, 5.74) is -0.718. The van der Waals surface area contributed by atoms with Crippen LogP contribution in [0, 0.1) is 13.8 Å². The maximum absolute atomic E-state index is 12.8. The van der Waals surface area contributed by atoms with E-state index in [4.69, 9.17) is 0 Å². The third-order valence-electron chi connectivity index (χ3n) is 2.53. The maximum Gasteiger partial charge on any atom is 0.417 e. The second kappa shape index (κ2) is 4.83. The molecule has 0 aliphatic heterocycles. The quantitative estimate of drug-likeness (QED) is 0.786. The molecule has 0 aliphatic carbocycles. The van der Waals surface area contributed by atoms with Crippen molar-refractivity contribution >= 4 is 6.21 Å². The van der Waals surface area contributed by atoms with Crippen molar-refractivity contribution in [1.29, 1.82) is 0 Å². The molecule has 0 amide bonds. The minimum atomic E-state index is -4.40. The predicted molar refractivity (Wildman–Crippen MR) is 63.9 cm³/mol. The standard InChI is InChI=1S/C12H11F3N4/c1-8-17-18-9(2)19(8)16-7-10-5-3-4-6-11(10)12(13,14)15/h3-7H,1-2H3. The number of alkyl halides is 3. The molecule has 7 heteroatoms. The molecule has 0 fully saturated rings. The highest BCUT2D eigenvalue weighted by Crippen LogP contribution is 2.31. The van der Waals surface area contributed by atoms with E-state index >= 15 is 0 Å². The minimum Gasteiger partial charge on any atom is -0.202 e. The third-order valence-corrected chi connectivity index (χ3v) is 2.53. The lowest BCUT2D eigenvalue weighted by Gasteiger charge is -2.09. The lowest BCUT2D eigenvalue weighted by Crippen LogP contribution is -2.09. The normalized spacial score (nSPS) is 12.3. The van der Waals surface area contributed by atoms with Gasteiger partial charge in [-0.1, -0.05) is 18.2 Å². The third kappa shape index (κ3) is 2.81. The first-order valence-corrected chi connectivity index (χ1v) is 5.49. The van der Waals surface area contributed by atoms with Crippen LogP contribution in [-0.2, 0) is 6.18 Å². The van der Waals surface area contributed by atoms with Crippen LogP contribution in [0.15, 0.2) is 29.4 Å². The molecule has 19 heavy (non-hydrogen) atoms. The van der Waals surface area contributed by atoms with Gasteiger partial charge in [0.2, 0.25) is 0 Å². The van der Waals surface area contributed by atoms with Gasteiger partial charge in [-0.05, 0) is 19.9 Å². The topological polar surface area (TPSA) is 43.1 Å². The Kier molecular flexibility index (Phi) is 3.37. The average Bonchev–Trinajstić information content (AvgIpc) is 2.66. The molecule has 0 bridgehead atoms. The molecule has 2 rings (SSSR count). The lowest BCUT2D eigenvalue weighted by atomic mass is 10.1. The van der Waals surface area contributed by atoms with Gasteiger partial charge in [0.1, 0.15) is 0 Å². The van der Waals surface area contributed by atoms with Gasteiger partial charge in [-0.25, -0.2) is 4.68 Å². The highest BCUT2D eigenvalue weighted by atomic mass is 19.4. The Balaban J connectivity index is 2.40. The molecule has 0 saturated carbocycles. The van der Waals surface area contributed by atoms with Gasteiger partial charge in [0.05, 0.1) is 11.8 Å². The van der Waals surface area contributed by atoms with Gasteiger partial charge in [-0.3, -0.25) is 0 Å². The Labute approximate surface area is 107 Å². The Morgan fingerprint density at radius 3 is 2.26 bits per heavy atom. The van der Waals surface area contributed by atoms with E-state index in [0.717, 1.165) is 12.3 Å². The number of aryl methyl sites for hydroxylation is 2. The Hall–Kier alpha value is -2.18. The fourth-order valence-electron chi connectivity index (χ4n) is 1.62. The molecule has 4 nitrogen and oxygen atoms in total. The van der Waals surface area contributed by atoms with E-state index in [9.17, 15) is 13.2 Å². The Morgan fingerprint density at radius 1 is 1.11 bits per heavy atom. The predicted octanol–water partition coefficient (Wildman–Crippen LogP) is 2.80. The van der Waals surface area contributed by atoms with Gasteiger partial charge in [0.15, 0.2) is 11.6 Å². The smallest absolute Gasteiger partial charge is 0.202 e. The van der Waals surface area contributed by atoms with Crippen LogP contribution in [0.2, 0.25) is 0 Å². The van der Waals surface area contributed by atoms with Crippen LogP contribution in [0.4, 0.5) is 13.2 Å². The summed E-state index contributed by atoms with van der Waals surface area (Å²) in [5, 5.41) is 11.5. The van der Waals surface area contributed by atoms with Crippen LogP contribution in [0.3, 0.4) is 0 Å². The number of halogens is 3. The minimum absolute atomic E-state index is 0.00231. The number of nitrogens with zero attached hydrogens (tertiary/aromatic N) is 4. The zero-order valence-electron chi connectivity index (χ0n) is 10.3. The maximum atomic E-state index is 12.8. The highest BCUT2D eigenvalue weighted by Gasteiger charge is 2.32. The van der Waals surface area contributed by atoms with Crippen molar-refractivity contribution in [1.82, 2.24) is 14.9 Å². The first kappa shape index (κ1) is 13.3. The summed E-state index contributed by atoms with van der Waals surface area (Å²) in [6, 6.07) is 5.26. The van der Waals surface area contributed by atoms with Crippen molar-refractivity contribution in [3.8, 4) is 0 Å². The van der Waals surface area contributed by atoms with Crippen LogP contribution in [0.1, 0.15) is 22.8 Å². The van der Waals surface area contributed by atoms with Crippen molar-refractivity contribution < 1.29 is 13.2 Å².